The molecule has 1 heterocycles. The summed E-state index contributed by atoms with van der Waals surface area (Å²) in [6, 6.07) is 0.102. The minimum atomic E-state index is -0.608. The van der Waals surface area contributed by atoms with Gasteiger partial charge in [0.1, 0.15) is 5.56 Å². The minimum Gasteiger partial charge on any atom is -0.350 e. The first-order valence-corrected chi connectivity index (χ1v) is 5.21. The molecular formula is C10H17ClN4O3. The molecule has 0 aliphatic carbocycles. The Morgan fingerprint density at radius 1 is 1.50 bits per heavy atom. The molecule has 7 nitrogen and oxygen atoms in total. The van der Waals surface area contributed by atoms with E-state index in [-0.39, 0.29) is 24.0 Å². The molecule has 0 fully saturated rings. The monoisotopic (exact) mass is 276 g/mol. The number of aromatic nitrogens is 2. The van der Waals surface area contributed by atoms with Gasteiger partial charge in [-0.25, -0.2) is 4.79 Å². The maximum atomic E-state index is 11.7. The average molecular weight is 277 g/mol. The molecule has 1 aromatic rings. The van der Waals surface area contributed by atoms with E-state index in [9.17, 15) is 14.4 Å². The zero-order valence-electron chi connectivity index (χ0n) is 10.4. The number of rotatable bonds is 4. The normalized spacial score (nSPS) is 11.5. The predicted molar refractivity (Wildman–Crippen MR) is 70.4 cm³/mol. The third-order valence-electron chi connectivity index (χ3n) is 2.49. The molecule has 1 unspecified atom stereocenters. The summed E-state index contributed by atoms with van der Waals surface area (Å²) < 4.78 is 0.858. The zero-order chi connectivity index (χ0) is 13.0. The van der Waals surface area contributed by atoms with Gasteiger partial charge in [-0.05, 0) is 14.0 Å². The number of hydrogen-bond donors (Lipinski definition) is 3. The molecule has 0 bridgehead atoms. The standard InChI is InChI=1S/C10H16N4O3.ClH/c1-6(11-2)4-12-8(15)7-5-13-10(17)14(3)9(7)16;/h5-6,11H,4H2,1-3H3,(H,12,15)(H,13,17);1H. The molecule has 0 saturated carbocycles. The first-order chi connectivity index (χ1) is 7.97. The Bertz CT molecular complexity index is 523. The molecule has 1 aromatic heterocycles. The summed E-state index contributed by atoms with van der Waals surface area (Å²) in [6.07, 6.45) is 1.13. The summed E-state index contributed by atoms with van der Waals surface area (Å²) in [5.74, 6) is -0.496. The Hall–Kier alpha value is -1.60. The average Bonchev–Trinajstić information content (AvgIpc) is 2.32. The quantitative estimate of drug-likeness (QED) is 0.646. The maximum absolute atomic E-state index is 11.7. The third-order valence-corrected chi connectivity index (χ3v) is 2.49. The van der Waals surface area contributed by atoms with Crippen LogP contribution in [0.15, 0.2) is 15.8 Å². The van der Waals surface area contributed by atoms with Gasteiger partial charge in [0.15, 0.2) is 0 Å². The van der Waals surface area contributed by atoms with Crippen molar-refractivity contribution in [2.24, 2.45) is 7.05 Å². The molecule has 0 spiro atoms. The van der Waals surface area contributed by atoms with Gasteiger partial charge in [0, 0.05) is 25.8 Å². The third kappa shape index (κ3) is 3.71. The lowest BCUT2D eigenvalue weighted by Gasteiger charge is -2.11. The number of aromatic amines is 1. The van der Waals surface area contributed by atoms with Crippen molar-refractivity contribution in [2.75, 3.05) is 13.6 Å². The van der Waals surface area contributed by atoms with Crippen molar-refractivity contribution in [2.45, 2.75) is 13.0 Å². The Balaban J connectivity index is 0.00000289. The highest BCUT2D eigenvalue weighted by Gasteiger charge is 2.13. The van der Waals surface area contributed by atoms with Crippen LogP contribution in [-0.2, 0) is 7.05 Å². The molecule has 0 aliphatic heterocycles. The molecule has 0 saturated heterocycles. The van der Waals surface area contributed by atoms with Crippen LogP contribution in [0, 0.1) is 0 Å². The zero-order valence-corrected chi connectivity index (χ0v) is 11.3. The molecule has 0 aromatic carbocycles. The first-order valence-electron chi connectivity index (χ1n) is 5.21. The van der Waals surface area contributed by atoms with Gasteiger partial charge in [-0.3, -0.25) is 14.2 Å². The highest BCUT2D eigenvalue weighted by Crippen LogP contribution is 1.86. The van der Waals surface area contributed by atoms with E-state index in [0.29, 0.717) is 6.54 Å². The van der Waals surface area contributed by atoms with E-state index in [1.165, 1.54) is 7.05 Å². The number of nitrogens with one attached hydrogen (secondary N) is 3. The molecular weight excluding hydrogens is 260 g/mol. The van der Waals surface area contributed by atoms with Gasteiger partial charge in [0.05, 0.1) is 0 Å². The van der Waals surface area contributed by atoms with Gasteiger partial charge in [-0.1, -0.05) is 0 Å². The van der Waals surface area contributed by atoms with E-state index in [0.717, 1.165) is 10.8 Å². The molecule has 1 atom stereocenters. The van der Waals surface area contributed by atoms with Gasteiger partial charge in [-0.2, -0.15) is 0 Å². The fraction of sp³-hybridized carbons (Fsp3) is 0.500. The second-order valence-electron chi connectivity index (χ2n) is 3.77. The van der Waals surface area contributed by atoms with Crippen molar-refractivity contribution in [1.82, 2.24) is 20.2 Å². The predicted octanol–water partition coefficient (Wildman–Crippen LogP) is -1.17. The Morgan fingerprint density at radius 2 is 2.11 bits per heavy atom. The lowest BCUT2D eigenvalue weighted by atomic mass is 10.3. The van der Waals surface area contributed by atoms with E-state index in [4.69, 9.17) is 0 Å². The smallest absolute Gasteiger partial charge is 0.328 e. The molecule has 18 heavy (non-hydrogen) atoms. The van der Waals surface area contributed by atoms with Crippen LogP contribution in [0.2, 0.25) is 0 Å². The van der Waals surface area contributed by atoms with Crippen LogP contribution in [0.3, 0.4) is 0 Å². The van der Waals surface area contributed by atoms with E-state index in [1.54, 1.807) is 7.05 Å². The number of H-pyrrole nitrogens is 1. The number of nitrogens with zero attached hydrogens (tertiary/aromatic N) is 1. The van der Waals surface area contributed by atoms with Crippen LogP contribution in [0.1, 0.15) is 17.3 Å². The van der Waals surface area contributed by atoms with Crippen molar-refractivity contribution in [3.63, 3.8) is 0 Å². The Morgan fingerprint density at radius 3 is 2.67 bits per heavy atom. The highest BCUT2D eigenvalue weighted by molar-refractivity contribution is 5.93. The van der Waals surface area contributed by atoms with E-state index in [1.807, 2.05) is 6.92 Å². The van der Waals surface area contributed by atoms with Crippen LogP contribution in [0.4, 0.5) is 0 Å². The van der Waals surface area contributed by atoms with Crippen LogP contribution >= 0.6 is 12.4 Å². The van der Waals surface area contributed by atoms with Gasteiger partial charge < -0.3 is 15.6 Å². The molecule has 1 amide bonds. The number of carbonyl (C=O) groups is 1. The summed E-state index contributed by atoms with van der Waals surface area (Å²) in [6.45, 7) is 2.29. The molecule has 0 radical (unpaired) electrons. The molecule has 102 valence electrons. The lowest BCUT2D eigenvalue weighted by Crippen LogP contribution is -2.42. The Labute approximate surface area is 110 Å². The van der Waals surface area contributed by atoms with Crippen molar-refractivity contribution < 1.29 is 4.79 Å². The summed E-state index contributed by atoms with van der Waals surface area (Å²) >= 11 is 0. The first kappa shape index (κ1) is 16.4. The molecule has 3 N–H and O–H groups in total. The number of likely N-dealkylation sites (N-methyl/N-ethyl adjacent to an activating group) is 1. The fourth-order valence-corrected chi connectivity index (χ4v) is 1.17. The fourth-order valence-electron chi connectivity index (χ4n) is 1.17. The van der Waals surface area contributed by atoms with Crippen molar-refractivity contribution in [1.29, 1.82) is 0 Å². The van der Waals surface area contributed by atoms with Crippen LogP contribution in [0.25, 0.3) is 0 Å². The molecule has 1 rings (SSSR count). The number of hydrogen-bond acceptors (Lipinski definition) is 4. The van der Waals surface area contributed by atoms with Crippen LogP contribution < -0.4 is 21.9 Å². The maximum Gasteiger partial charge on any atom is 0.328 e. The van der Waals surface area contributed by atoms with Crippen molar-refractivity contribution in [3.05, 3.63) is 32.6 Å². The van der Waals surface area contributed by atoms with E-state index >= 15 is 0 Å². The van der Waals surface area contributed by atoms with Gasteiger partial charge in [-0.15, -0.1) is 12.4 Å². The minimum absolute atomic E-state index is 0. The largest absolute Gasteiger partial charge is 0.350 e. The van der Waals surface area contributed by atoms with Crippen molar-refractivity contribution in [3.8, 4) is 0 Å². The number of halogens is 1. The number of carbonyl (C=O) groups excluding carboxylic acids is 1. The number of amides is 1. The second kappa shape index (κ2) is 6.97. The summed E-state index contributed by atoms with van der Waals surface area (Å²) in [5.41, 5.74) is -1.23. The van der Waals surface area contributed by atoms with Crippen LogP contribution in [0.5, 0.6) is 0 Å². The SMILES string of the molecule is CNC(C)CNC(=O)c1c[nH]c(=O)n(C)c1=O.Cl. The van der Waals surface area contributed by atoms with Gasteiger partial charge in [0.2, 0.25) is 0 Å². The Kier molecular flexibility index (Phi) is 6.35. The molecule has 8 heteroatoms. The van der Waals surface area contributed by atoms with E-state index in [2.05, 4.69) is 15.6 Å². The van der Waals surface area contributed by atoms with Gasteiger partial charge in [0.25, 0.3) is 11.5 Å². The summed E-state index contributed by atoms with van der Waals surface area (Å²) in [4.78, 5) is 36.7. The van der Waals surface area contributed by atoms with E-state index < -0.39 is 17.2 Å². The topological polar surface area (TPSA) is 96.0 Å². The second-order valence-corrected chi connectivity index (χ2v) is 3.77. The lowest BCUT2D eigenvalue weighted by molar-refractivity contribution is 0.0948. The molecule has 0 aliphatic rings. The van der Waals surface area contributed by atoms with Crippen molar-refractivity contribution >= 4 is 18.3 Å². The van der Waals surface area contributed by atoms with Crippen LogP contribution in [-0.4, -0.2) is 35.1 Å². The summed E-state index contributed by atoms with van der Waals surface area (Å²) in [7, 11) is 3.09. The highest BCUT2D eigenvalue weighted by atomic mass is 35.5. The van der Waals surface area contributed by atoms with Gasteiger partial charge >= 0.3 is 5.69 Å². The summed E-state index contributed by atoms with van der Waals surface area (Å²) in [5, 5.41) is 5.55.